The normalized spacial score (nSPS) is 14.1. The molecular weight excluding hydrogens is 428 g/mol. The van der Waals surface area contributed by atoms with Gasteiger partial charge in [0.2, 0.25) is 5.88 Å². The van der Waals surface area contributed by atoms with Crippen LogP contribution in [0.15, 0.2) is 36.5 Å². The molecule has 0 unspecified atom stereocenters. The van der Waals surface area contributed by atoms with E-state index in [1.807, 2.05) is 39.0 Å². The molecule has 1 fully saturated rings. The molecule has 0 aromatic carbocycles. The van der Waals surface area contributed by atoms with Gasteiger partial charge in [0.1, 0.15) is 11.6 Å². The van der Waals surface area contributed by atoms with E-state index in [1.54, 1.807) is 17.0 Å². The molecule has 3 aromatic rings. The van der Waals surface area contributed by atoms with Crippen LogP contribution in [0.2, 0.25) is 0 Å². The number of carbonyl (C=O) groups is 1. The molecule has 1 aliphatic rings. The summed E-state index contributed by atoms with van der Waals surface area (Å²) in [5.41, 5.74) is 1.61. The first-order chi connectivity index (χ1) is 15.3. The third kappa shape index (κ3) is 4.45. The van der Waals surface area contributed by atoms with Crippen LogP contribution in [-0.4, -0.2) is 61.8 Å². The average Bonchev–Trinajstić information content (AvgIpc) is 3.08. The van der Waals surface area contributed by atoms with Crippen molar-refractivity contribution in [3.8, 4) is 17.4 Å². The first-order valence-corrected chi connectivity index (χ1v) is 10.9. The Morgan fingerprint density at radius 1 is 1.16 bits per heavy atom. The lowest BCUT2D eigenvalue weighted by Crippen LogP contribution is -2.49. The Bertz CT molecular complexity index is 1160. The minimum atomic E-state index is -0.417. The molecule has 32 heavy (non-hydrogen) atoms. The maximum absolute atomic E-state index is 12.6. The van der Waals surface area contributed by atoms with Crippen molar-refractivity contribution < 1.29 is 14.6 Å². The molecule has 9 nitrogen and oxygen atoms in total. The first kappa shape index (κ1) is 21.8. The average molecular weight is 455 g/mol. The largest absolute Gasteiger partial charge is 0.493 e. The molecule has 0 spiro atoms. The van der Waals surface area contributed by atoms with Crippen LogP contribution in [0.5, 0.6) is 11.6 Å². The number of pyridine rings is 2. The van der Waals surface area contributed by atoms with Crippen molar-refractivity contribution in [2.24, 2.45) is 0 Å². The van der Waals surface area contributed by atoms with Gasteiger partial charge in [0, 0.05) is 31.9 Å². The van der Waals surface area contributed by atoms with Crippen LogP contribution in [0, 0.1) is 11.7 Å². The molecule has 1 amide bonds. The summed E-state index contributed by atoms with van der Waals surface area (Å²) < 4.78 is 7.30. The van der Waals surface area contributed by atoms with Gasteiger partial charge in [0.05, 0.1) is 11.9 Å². The number of aryl methyl sites for hydroxylation is 1. The number of aromatic nitrogens is 4. The highest BCUT2D eigenvalue weighted by Gasteiger charge is 2.24. The smallest absolute Gasteiger partial charge is 0.415 e. The standard InChI is InChI=1S/C22H26N6O3S/c1-14(2)19-20(29)28(21(32)25-19)17-8-7-16(13-23-17)31-22(30)27-11-9-26(10-12-27)18-6-4-5-15(3)24-18/h4-8,13-14,29H,9-12H2,1-3H3,(H,25,32). The van der Waals surface area contributed by atoms with Gasteiger partial charge in [-0.3, -0.25) is 0 Å². The van der Waals surface area contributed by atoms with Gasteiger partial charge in [-0.15, -0.1) is 0 Å². The summed E-state index contributed by atoms with van der Waals surface area (Å²) in [6.07, 6.45) is 1.03. The number of anilines is 1. The van der Waals surface area contributed by atoms with Gasteiger partial charge in [0.15, 0.2) is 10.5 Å². The number of amides is 1. The fourth-order valence-electron chi connectivity index (χ4n) is 3.61. The summed E-state index contributed by atoms with van der Waals surface area (Å²) in [5, 5.41) is 10.5. The number of rotatable bonds is 4. The topological polar surface area (TPSA) is 99.5 Å². The summed E-state index contributed by atoms with van der Waals surface area (Å²) in [7, 11) is 0. The number of aromatic hydroxyl groups is 1. The Hall–Kier alpha value is -3.40. The predicted octanol–water partition coefficient (Wildman–Crippen LogP) is 3.78. The molecular formula is C22H26N6O3S. The van der Waals surface area contributed by atoms with Gasteiger partial charge in [-0.2, -0.15) is 0 Å². The minimum absolute atomic E-state index is 0.0308. The Labute approximate surface area is 191 Å². The molecule has 0 atom stereocenters. The number of H-pyrrole nitrogens is 1. The maximum atomic E-state index is 12.6. The van der Waals surface area contributed by atoms with Crippen molar-refractivity contribution in [3.05, 3.63) is 52.7 Å². The molecule has 0 saturated carbocycles. The lowest BCUT2D eigenvalue weighted by Gasteiger charge is -2.34. The van der Waals surface area contributed by atoms with Crippen molar-refractivity contribution in [3.63, 3.8) is 0 Å². The van der Waals surface area contributed by atoms with Gasteiger partial charge < -0.3 is 24.6 Å². The van der Waals surface area contributed by atoms with E-state index in [0.717, 1.165) is 11.5 Å². The Morgan fingerprint density at radius 3 is 2.50 bits per heavy atom. The van der Waals surface area contributed by atoms with Gasteiger partial charge in [0.25, 0.3) is 0 Å². The minimum Gasteiger partial charge on any atom is -0.493 e. The Morgan fingerprint density at radius 2 is 1.91 bits per heavy atom. The number of nitrogens with zero attached hydrogens (tertiary/aromatic N) is 5. The van der Waals surface area contributed by atoms with Gasteiger partial charge in [-0.25, -0.2) is 19.3 Å². The molecule has 3 aromatic heterocycles. The van der Waals surface area contributed by atoms with E-state index in [-0.39, 0.29) is 11.8 Å². The van der Waals surface area contributed by atoms with Crippen LogP contribution in [0.25, 0.3) is 5.82 Å². The molecule has 1 saturated heterocycles. The summed E-state index contributed by atoms with van der Waals surface area (Å²) in [6, 6.07) is 9.21. The number of aromatic amines is 1. The molecule has 0 bridgehead atoms. The van der Waals surface area contributed by atoms with E-state index in [0.29, 0.717) is 48.2 Å². The molecule has 2 N–H and O–H groups in total. The fourth-order valence-corrected chi connectivity index (χ4v) is 3.90. The Balaban J connectivity index is 1.38. The second-order valence-electron chi connectivity index (χ2n) is 7.99. The van der Waals surface area contributed by atoms with Crippen LogP contribution >= 0.6 is 12.2 Å². The van der Waals surface area contributed by atoms with Crippen LogP contribution in [0.1, 0.15) is 31.2 Å². The van der Waals surface area contributed by atoms with Crippen LogP contribution < -0.4 is 9.64 Å². The van der Waals surface area contributed by atoms with Crippen LogP contribution in [0.4, 0.5) is 10.6 Å². The van der Waals surface area contributed by atoms with E-state index >= 15 is 0 Å². The Kier molecular flexibility index (Phi) is 6.13. The predicted molar refractivity (Wildman–Crippen MR) is 123 cm³/mol. The van der Waals surface area contributed by atoms with Crippen molar-refractivity contribution in [1.29, 1.82) is 0 Å². The first-order valence-electron chi connectivity index (χ1n) is 10.5. The number of carbonyl (C=O) groups excluding carboxylic acids is 1. The maximum Gasteiger partial charge on any atom is 0.415 e. The lowest BCUT2D eigenvalue weighted by molar-refractivity contribution is 0.149. The van der Waals surface area contributed by atoms with E-state index in [4.69, 9.17) is 17.0 Å². The van der Waals surface area contributed by atoms with E-state index in [1.165, 1.54) is 10.8 Å². The molecule has 0 radical (unpaired) electrons. The lowest BCUT2D eigenvalue weighted by atomic mass is 10.1. The highest BCUT2D eigenvalue weighted by Crippen LogP contribution is 2.27. The number of imidazole rings is 1. The van der Waals surface area contributed by atoms with Crippen molar-refractivity contribution >= 4 is 24.1 Å². The molecule has 10 heteroatoms. The van der Waals surface area contributed by atoms with Crippen molar-refractivity contribution in [2.75, 3.05) is 31.1 Å². The van der Waals surface area contributed by atoms with E-state index < -0.39 is 6.09 Å². The third-order valence-corrected chi connectivity index (χ3v) is 5.65. The van der Waals surface area contributed by atoms with Gasteiger partial charge in [-0.05, 0) is 49.3 Å². The third-order valence-electron chi connectivity index (χ3n) is 5.37. The molecule has 4 heterocycles. The second-order valence-corrected chi connectivity index (χ2v) is 8.38. The van der Waals surface area contributed by atoms with Gasteiger partial charge >= 0.3 is 6.09 Å². The molecule has 4 rings (SSSR count). The number of hydrogen-bond donors (Lipinski definition) is 2. The molecule has 1 aliphatic heterocycles. The number of nitrogens with one attached hydrogen (secondary N) is 1. The highest BCUT2D eigenvalue weighted by atomic mass is 32.1. The quantitative estimate of drug-likeness (QED) is 0.579. The monoisotopic (exact) mass is 454 g/mol. The summed E-state index contributed by atoms with van der Waals surface area (Å²) >= 11 is 5.31. The molecule has 0 aliphatic carbocycles. The highest BCUT2D eigenvalue weighted by molar-refractivity contribution is 7.71. The summed E-state index contributed by atoms with van der Waals surface area (Å²) in [4.78, 5) is 28.3. The van der Waals surface area contributed by atoms with Crippen LogP contribution in [-0.2, 0) is 0 Å². The van der Waals surface area contributed by atoms with E-state index in [9.17, 15) is 9.90 Å². The van der Waals surface area contributed by atoms with Gasteiger partial charge in [-0.1, -0.05) is 19.9 Å². The zero-order valence-electron chi connectivity index (χ0n) is 18.3. The van der Waals surface area contributed by atoms with Crippen molar-refractivity contribution in [1.82, 2.24) is 24.4 Å². The zero-order valence-corrected chi connectivity index (χ0v) is 19.1. The van der Waals surface area contributed by atoms with E-state index in [2.05, 4.69) is 19.9 Å². The summed E-state index contributed by atoms with van der Waals surface area (Å²) in [5.74, 6) is 1.80. The number of ether oxygens (including phenoxy) is 1. The second kappa shape index (κ2) is 8.99. The summed E-state index contributed by atoms with van der Waals surface area (Å²) in [6.45, 7) is 8.34. The number of piperazine rings is 1. The SMILES string of the molecule is Cc1cccc(N2CCN(C(=O)Oc3ccc(-n4c(O)c(C(C)C)[nH]c4=S)nc3)CC2)n1. The van der Waals surface area contributed by atoms with Crippen molar-refractivity contribution in [2.45, 2.75) is 26.7 Å². The van der Waals surface area contributed by atoms with Crippen LogP contribution in [0.3, 0.4) is 0 Å². The zero-order chi connectivity index (χ0) is 22.8. The molecule has 168 valence electrons. The number of hydrogen-bond acceptors (Lipinski definition) is 7. The fraction of sp³-hybridized carbons (Fsp3) is 0.364.